The highest BCUT2D eigenvalue weighted by Gasteiger charge is 2.49. The van der Waals surface area contributed by atoms with E-state index in [9.17, 15) is 19.2 Å². The Kier molecular flexibility index (Phi) is 6.72. The first-order valence-corrected chi connectivity index (χ1v) is 18.3. The fourth-order valence-corrected chi connectivity index (χ4v) is 9.35. The van der Waals surface area contributed by atoms with E-state index in [0.29, 0.717) is 111 Å². The van der Waals surface area contributed by atoms with E-state index in [1.165, 1.54) is 12.5 Å². The van der Waals surface area contributed by atoms with Crippen LogP contribution >= 0.6 is 0 Å². The van der Waals surface area contributed by atoms with Gasteiger partial charge in [0.05, 0.1) is 24.3 Å². The molecule has 6 aromatic rings. The minimum atomic E-state index is -0.642. The first kappa shape index (κ1) is 32.5. The Bertz CT molecular complexity index is 2710. The molecule has 2 atom stereocenters. The molecule has 0 aliphatic heterocycles. The van der Waals surface area contributed by atoms with Crippen molar-refractivity contribution in [3.05, 3.63) is 117 Å². The maximum Gasteiger partial charge on any atom is 0.228 e. The van der Waals surface area contributed by atoms with Gasteiger partial charge in [-0.25, -0.2) is 0 Å². The molecule has 10 heteroatoms. The molecule has 4 aliphatic carbocycles. The van der Waals surface area contributed by atoms with Gasteiger partial charge < -0.3 is 18.3 Å². The predicted molar refractivity (Wildman–Crippen MR) is 196 cm³/mol. The van der Waals surface area contributed by atoms with Crippen LogP contribution in [0.1, 0.15) is 129 Å². The third kappa shape index (κ3) is 4.16. The molecular formula is C44H34O10. The molecule has 10 rings (SSSR count). The molecule has 0 amide bonds. The highest BCUT2D eigenvalue weighted by atomic mass is 17.2. The lowest BCUT2D eigenvalue weighted by Crippen LogP contribution is -2.37. The molecule has 0 spiro atoms. The van der Waals surface area contributed by atoms with E-state index in [1.54, 1.807) is 24.3 Å². The van der Waals surface area contributed by atoms with Crippen molar-refractivity contribution in [2.45, 2.75) is 64.2 Å². The smallest absolute Gasteiger partial charge is 0.228 e. The number of ketones is 4. The standard InChI is InChI=1S/C44H34O10/c1-5-49-33-7-10-36(24-18-30-25(15-21(24)33)39(47)41-38-28(20-51-41)32(46)12-14-44(30,38)4)54-53-35-9-8-34(50-6-2)23-17-29-26(16-22(23)35)40(48)42-37-27(19-52-42)31(45)11-13-43(29,37)3/h7-10,15-20H,5-6,11-14H2,1-4H3/t43-,44-/m1/s1. The molecule has 4 aromatic carbocycles. The molecule has 0 bridgehead atoms. The number of hydrogen-bond acceptors (Lipinski definition) is 10. The highest BCUT2D eigenvalue weighted by Crippen LogP contribution is 2.53. The van der Waals surface area contributed by atoms with Crippen molar-refractivity contribution in [2.24, 2.45) is 0 Å². The number of hydrogen-bond donors (Lipinski definition) is 0. The zero-order valence-corrected chi connectivity index (χ0v) is 30.1. The summed E-state index contributed by atoms with van der Waals surface area (Å²) in [6, 6.07) is 14.6. The predicted octanol–water partition coefficient (Wildman–Crippen LogP) is 9.00. The summed E-state index contributed by atoms with van der Waals surface area (Å²) >= 11 is 0. The number of carbonyl (C=O) groups excluding carboxylic acids is 4. The average molecular weight is 723 g/mol. The molecule has 54 heavy (non-hydrogen) atoms. The summed E-state index contributed by atoms with van der Waals surface area (Å²) in [5, 5.41) is 2.63. The van der Waals surface area contributed by atoms with Gasteiger partial charge in [-0.1, -0.05) is 13.8 Å². The van der Waals surface area contributed by atoms with Gasteiger partial charge in [-0.05, 0) is 86.3 Å². The molecule has 2 heterocycles. The normalized spacial score (nSPS) is 20.7. The van der Waals surface area contributed by atoms with Gasteiger partial charge >= 0.3 is 0 Å². The van der Waals surface area contributed by atoms with E-state index in [4.69, 9.17) is 28.1 Å². The molecule has 10 nitrogen and oxygen atoms in total. The zero-order chi connectivity index (χ0) is 37.3. The summed E-state index contributed by atoms with van der Waals surface area (Å²) in [6.45, 7) is 8.72. The molecular weight excluding hydrogens is 688 g/mol. The average Bonchev–Trinajstić information content (AvgIpc) is 3.85. The van der Waals surface area contributed by atoms with Crippen LogP contribution < -0.4 is 19.2 Å². The summed E-state index contributed by atoms with van der Waals surface area (Å²) in [5.41, 5.74) is 3.50. The van der Waals surface area contributed by atoms with Gasteiger partial charge in [-0.15, -0.1) is 0 Å². The van der Waals surface area contributed by atoms with Crippen molar-refractivity contribution in [2.75, 3.05) is 13.2 Å². The summed E-state index contributed by atoms with van der Waals surface area (Å²) in [4.78, 5) is 65.9. The number of furan rings is 2. The Morgan fingerprint density at radius 3 is 1.39 bits per heavy atom. The monoisotopic (exact) mass is 722 g/mol. The summed E-state index contributed by atoms with van der Waals surface area (Å²) in [5.74, 6) is 1.67. The first-order chi connectivity index (χ1) is 26.1. The van der Waals surface area contributed by atoms with Gasteiger partial charge in [0, 0.05) is 67.5 Å². The Labute approximate surface area is 308 Å². The lowest BCUT2D eigenvalue weighted by molar-refractivity contribution is -0.0969. The maximum atomic E-state index is 14.0. The summed E-state index contributed by atoms with van der Waals surface area (Å²) in [6.07, 6.45) is 4.56. The van der Waals surface area contributed by atoms with Crippen molar-refractivity contribution in [1.29, 1.82) is 0 Å². The Hall–Kier alpha value is -6.16. The van der Waals surface area contributed by atoms with Crippen LogP contribution in [0.4, 0.5) is 0 Å². The maximum absolute atomic E-state index is 14.0. The molecule has 0 fully saturated rings. The van der Waals surface area contributed by atoms with Gasteiger partial charge in [0.25, 0.3) is 0 Å². The highest BCUT2D eigenvalue weighted by molar-refractivity contribution is 6.18. The van der Waals surface area contributed by atoms with Crippen molar-refractivity contribution in [3.8, 4) is 23.0 Å². The molecule has 270 valence electrons. The molecule has 0 saturated heterocycles. The largest absolute Gasteiger partial charge is 0.493 e. The Balaban J connectivity index is 1.10. The van der Waals surface area contributed by atoms with Crippen molar-refractivity contribution < 1.29 is 47.3 Å². The van der Waals surface area contributed by atoms with Gasteiger partial charge in [-0.2, -0.15) is 0 Å². The molecule has 4 aliphatic rings. The van der Waals surface area contributed by atoms with Gasteiger partial charge in [0.15, 0.2) is 34.6 Å². The van der Waals surface area contributed by atoms with Gasteiger partial charge in [0.1, 0.15) is 24.0 Å². The number of benzene rings is 4. The van der Waals surface area contributed by atoms with Crippen molar-refractivity contribution in [1.82, 2.24) is 0 Å². The summed E-state index contributed by atoms with van der Waals surface area (Å²) < 4.78 is 23.6. The van der Waals surface area contributed by atoms with E-state index < -0.39 is 10.8 Å². The van der Waals surface area contributed by atoms with Gasteiger partial charge in [0.2, 0.25) is 11.6 Å². The minimum absolute atomic E-state index is 0.0230. The lowest BCUT2D eigenvalue weighted by Gasteiger charge is -2.38. The van der Waals surface area contributed by atoms with Crippen LogP contribution in [0.3, 0.4) is 0 Å². The van der Waals surface area contributed by atoms with E-state index in [0.717, 1.165) is 16.5 Å². The van der Waals surface area contributed by atoms with E-state index in [1.807, 2.05) is 45.0 Å². The second-order valence-corrected chi connectivity index (χ2v) is 14.9. The van der Waals surface area contributed by atoms with Crippen LogP contribution in [0.25, 0.3) is 21.5 Å². The van der Waals surface area contributed by atoms with Crippen molar-refractivity contribution in [3.63, 3.8) is 0 Å². The number of rotatable bonds is 7. The Morgan fingerprint density at radius 1 is 0.556 bits per heavy atom. The summed E-state index contributed by atoms with van der Waals surface area (Å²) in [7, 11) is 0. The molecule has 0 unspecified atom stereocenters. The first-order valence-electron chi connectivity index (χ1n) is 18.3. The third-order valence-corrected chi connectivity index (χ3v) is 12.1. The minimum Gasteiger partial charge on any atom is -0.493 e. The number of ether oxygens (including phenoxy) is 2. The fourth-order valence-electron chi connectivity index (χ4n) is 9.35. The number of carbonyl (C=O) groups is 4. The van der Waals surface area contributed by atoms with Gasteiger partial charge in [-0.3, -0.25) is 29.0 Å². The molecule has 0 saturated carbocycles. The van der Waals surface area contributed by atoms with Crippen molar-refractivity contribution >= 4 is 44.7 Å². The second-order valence-electron chi connectivity index (χ2n) is 14.9. The van der Waals surface area contributed by atoms with E-state index in [-0.39, 0.29) is 34.7 Å². The van der Waals surface area contributed by atoms with Crippen LogP contribution in [-0.4, -0.2) is 36.3 Å². The molecule has 0 radical (unpaired) electrons. The second kappa shape index (κ2) is 11.2. The number of Topliss-reactive ketones (excluding diaryl/α,β-unsaturated/α-hetero) is 2. The molecule has 0 N–H and O–H groups in total. The van der Waals surface area contributed by atoms with Crippen LogP contribution in [0, 0.1) is 0 Å². The lowest BCUT2D eigenvalue weighted by atomic mass is 9.62. The van der Waals surface area contributed by atoms with Crippen LogP contribution in [0.15, 0.2) is 69.9 Å². The van der Waals surface area contributed by atoms with Crippen LogP contribution in [0.5, 0.6) is 23.0 Å². The third-order valence-electron chi connectivity index (χ3n) is 12.1. The van der Waals surface area contributed by atoms with E-state index in [2.05, 4.69) is 6.92 Å². The number of fused-ring (bicyclic) bond motifs is 6. The van der Waals surface area contributed by atoms with Crippen LogP contribution in [-0.2, 0) is 10.8 Å². The topological polar surface area (TPSA) is 131 Å². The Morgan fingerprint density at radius 2 is 0.944 bits per heavy atom. The zero-order valence-electron chi connectivity index (χ0n) is 30.1. The quantitative estimate of drug-likeness (QED) is 0.116. The van der Waals surface area contributed by atoms with Crippen LogP contribution in [0.2, 0.25) is 0 Å². The SMILES string of the molecule is CCOc1ccc(OOc2ccc(OCC)c3cc4c(cc23)[C@@]2(C)CCC(=O)c3coc(c32)C4=O)c2cc3c(cc12)[C@@]1(C)CCC(=O)c2coc(c21)C3=O. The molecule has 2 aromatic heterocycles. The van der Waals surface area contributed by atoms with E-state index >= 15 is 0 Å². The fraction of sp³-hybridized carbons (Fsp3) is 0.273.